The molecule has 108 valence electrons. The van der Waals surface area contributed by atoms with Crippen molar-refractivity contribution in [1.29, 1.82) is 0 Å². The van der Waals surface area contributed by atoms with Crippen molar-refractivity contribution in [1.82, 2.24) is 4.90 Å². The smallest absolute Gasteiger partial charge is 0.254 e. The molecule has 4 nitrogen and oxygen atoms in total. The van der Waals surface area contributed by atoms with Gasteiger partial charge in [-0.1, -0.05) is 17.7 Å². The zero-order chi connectivity index (χ0) is 14.8. The fraction of sp³-hybridized carbons (Fsp3) is 0.357. The Balaban J connectivity index is 2.22. The van der Waals surface area contributed by atoms with Gasteiger partial charge in [0.1, 0.15) is 0 Å². The van der Waals surface area contributed by atoms with Crippen molar-refractivity contribution in [3.05, 3.63) is 47.5 Å². The molecule has 1 unspecified atom stereocenters. The van der Waals surface area contributed by atoms with Crippen LogP contribution in [-0.4, -0.2) is 43.3 Å². The van der Waals surface area contributed by atoms with Gasteiger partial charge in [0.25, 0.3) is 5.91 Å². The Labute approximate surface area is 124 Å². The summed E-state index contributed by atoms with van der Waals surface area (Å²) in [6.07, 6.45) is 2.09. The highest BCUT2D eigenvalue weighted by molar-refractivity contribution is 7.91. The third-order valence-corrected chi connectivity index (χ3v) is 5.33. The number of hydrogen-bond donors (Lipinski definition) is 0. The molecule has 20 heavy (non-hydrogen) atoms. The van der Waals surface area contributed by atoms with Crippen molar-refractivity contribution in [2.45, 2.75) is 12.5 Å². The maximum Gasteiger partial charge on any atom is 0.254 e. The summed E-state index contributed by atoms with van der Waals surface area (Å²) >= 11 is 5.80. The van der Waals surface area contributed by atoms with Crippen LogP contribution in [0, 0.1) is 0 Å². The van der Waals surface area contributed by atoms with E-state index in [2.05, 4.69) is 6.58 Å². The van der Waals surface area contributed by atoms with Crippen molar-refractivity contribution < 1.29 is 13.2 Å². The molecule has 1 aromatic rings. The van der Waals surface area contributed by atoms with E-state index in [-0.39, 0.29) is 23.5 Å². The van der Waals surface area contributed by atoms with Gasteiger partial charge < -0.3 is 4.90 Å². The topological polar surface area (TPSA) is 54.5 Å². The highest BCUT2D eigenvalue weighted by atomic mass is 35.5. The number of hydrogen-bond acceptors (Lipinski definition) is 3. The molecule has 1 heterocycles. The Morgan fingerprint density at radius 2 is 2.05 bits per heavy atom. The molecule has 0 radical (unpaired) electrons. The van der Waals surface area contributed by atoms with Crippen LogP contribution >= 0.6 is 11.6 Å². The Morgan fingerprint density at radius 3 is 2.55 bits per heavy atom. The van der Waals surface area contributed by atoms with Gasteiger partial charge in [0.05, 0.1) is 11.5 Å². The highest BCUT2D eigenvalue weighted by Crippen LogP contribution is 2.20. The quantitative estimate of drug-likeness (QED) is 0.800. The van der Waals surface area contributed by atoms with Crippen LogP contribution in [0.5, 0.6) is 0 Å². The second kappa shape index (κ2) is 5.97. The molecule has 1 aromatic carbocycles. The maximum absolute atomic E-state index is 12.5. The summed E-state index contributed by atoms with van der Waals surface area (Å²) in [6.45, 7) is 3.97. The Bertz CT molecular complexity index is 610. The molecule has 6 heteroatoms. The average molecular weight is 314 g/mol. The highest BCUT2D eigenvalue weighted by Gasteiger charge is 2.34. The lowest BCUT2D eigenvalue weighted by molar-refractivity contribution is 0.0720. The molecule has 1 atom stereocenters. The summed E-state index contributed by atoms with van der Waals surface area (Å²) in [5.74, 6) is -0.0250. The van der Waals surface area contributed by atoms with Crippen LogP contribution in [0.2, 0.25) is 5.02 Å². The first kappa shape index (κ1) is 15.1. The minimum atomic E-state index is -3.03. The number of rotatable bonds is 4. The standard InChI is InChI=1S/C14H16ClNO3S/c1-2-8-16(13-7-9-20(18,19)10-13)14(17)11-3-5-12(15)6-4-11/h2-6,13H,1,7-10H2. The van der Waals surface area contributed by atoms with E-state index in [9.17, 15) is 13.2 Å². The largest absolute Gasteiger partial charge is 0.331 e. The zero-order valence-electron chi connectivity index (χ0n) is 11.0. The van der Waals surface area contributed by atoms with E-state index in [1.807, 2.05) is 0 Å². The van der Waals surface area contributed by atoms with Gasteiger partial charge in [-0.25, -0.2) is 8.42 Å². The lowest BCUT2D eigenvalue weighted by atomic mass is 10.1. The molecule has 0 spiro atoms. The minimum Gasteiger partial charge on any atom is -0.331 e. The molecule has 1 fully saturated rings. The van der Waals surface area contributed by atoms with Crippen LogP contribution in [0.15, 0.2) is 36.9 Å². The van der Waals surface area contributed by atoms with Gasteiger partial charge in [-0.15, -0.1) is 6.58 Å². The zero-order valence-corrected chi connectivity index (χ0v) is 12.5. The lowest BCUT2D eigenvalue weighted by Crippen LogP contribution is -2.41. The van der Waals surface area contributed by atoms with Crippen LogP contribution in [0.1, 0.15) is 16.8 Å². The molecule has 0 bridgehead atoms. The molecule has 0 aromatic heterocycles. The molecule has 1 aliphatic rings. The summed E-state index contributed by atoms with van der Waals surface area (Å²) in [4.78, 5) is 14.1. The van der Waals surface area contributed by atoms with Gasteiger partial charge in [-0.2, -0.15) is 0 Å². The van der Waals surface area contributed by atoms with Crippen molar-refractivity contribution >= 4 is 27.3 Å². The van der Waals surface area contributed by atoms with E-state index in [0.29, 0.717) is 23.6 Å². The normalized spacial score (nSPS) is 20.6. The van der Waals surface area contributed by atoms with Crippen molar-refractivity contribution in [3.8, 4) is 0 Å². The average Bonchev–Trinajstić information content (AvgIpc) is 2.76. The van der Waals surface area contributed by atoms with E-state index in [4.69, 9.17) is 11.6 Å². The van der Waals surface area contributed by atoms with Crippen molar-refractivity contribution in [3.63, 3.8) is 0 Å². The molecule has 0 aliphatic carbocycles. The van der Waals surface area contributed by atoms with Crippen LogP contribution in [0.4, 0.5) is 0 Å². The predicted molar refractivity (Wildman–Crippen MR) is 79.7 cm³/mol. The van der Waals surface area contributed by atoms with E-state index in [1.54, 1.807) is 35.2 Å². The molecular weight excluding hydrogens is 298 g/mol. The Kier molecular flexibility index (Phi) is 4.50. The van der Waals surface area contributed by atoms with Gasteiger partial charge >= 0.3 is 0 Å². The van der Waals surface area contributed by atoms with E-state index >= 15 is 0 Å². The third-order valence-electron chi connectivity index (χ3n) is 3.33. The first-order valence-corrected chi connectivity index (χ1v) is 8.51. The SMILES string of the molecule is C=CCN(C(=O)c1ccc(Cl)cc1)C1CCS(=O)(=O)C1. The Morgan fingerprint density at radius 1 is 1.40 bits per heavy atom. The second-order valence-corrected chi connectivity index (χ2v) is 7.48. The first-order valence-electron chi connectivity index (χ1n) is 6.31. The number of carbonyl (C=O) groups excluding carboxylic acids is 1. The molecule has 1 saturated heterocycles. The summed E-state index contributed by atoms with van der Waals surface area (Å²) in [5, 5.41) is 0.556. The lowest BCUT2D eigenvalue weighted by Gasteiger charge is -2.27. The molecule has 2 rings (SSSR count). The van der Waals surface area contributed by atoms with Gasteiger partial charge in [0.2, 0.25) is 0 Å². The van der Waals surface area contributed by atoms with Crippen LogP contribution < -0.4 is 0 Å². The second-order valence-electron chi connectivity index (χ2n) is 4.81. The summed E-state index contributed by atoms with van der Waals surface area (Å²) in [7, 11) is -3.03. The van der Waals surface area contributed by atoms with Crippen LogP contribution in [-0.2, 0) is 9.84 Å². The number of nitrogens with zero attached hydrogens (tertiary/aromatic N) is 1. The van der Waals surface area contributed by atoms with Gasteiger partial charge in [0, 0.05) is 23.2 Å². The number of carbonyl (C=O) groups is 1. The molecule has 0 saturated carbocycles. The predicted octanol–water partition coefficient (Wildman–Crippen LogP) is 2.16. The number of benzene rings is 1. The third kappa shape index (κ3) is 3.41. The van der Waals surface area contributed by atoms with E-state index in [1.165, 1.54) is 0 Å². The monoisotopic (exact) mass is 313 g/mol. The number of sulfone groups is 1. The van der Waals surface area contributed by atoms with Crippen LogP contribution in [0.3, 0.4) is 0 Å². The fourth-order valence-corrected chi connectivity index (χ4v) is 4.17. The van der Waals surface area contributed by atoms with Crippen molar-refractivity contribution in [2.24, 2.45) is 0 Å². The van der Waals surface area contributed by atoms with Gasteiger partial charge in [0.15, 0.2) is 9.84 Å². The summed E-state index contributed by atoms with van der Waals surface area (Å²) in [6, 6.07) is 6.30. The molecule has 0 N–H and O–H groups in total. The van der Waals surface area contributed by atoms with Crippen molar-refractivity contribution in [2.75, 3.05) is 18.1 Å². The first-order chi connectivity index (χ1) is 9.43. The van der Waals surface area contributed by atoms with Crippen LogP contribution in [0.25, 0.3) is 0 Å². The summed E-state index contributed by atoms with van der Waals surface area (Å²) < 4.78 is 23.1. The van der Waals surface area contributed by atoms with E-state index in [0.717, 1.165) is 0 Å². The molecular formula is C14H16ClNO3S. The maximum atomic E-state index is 12.5. The Hall–Kier alpha value is -1.33. The van der Waals surface area contributed by atoms with Gasteiger partial charge in [-0.3, -0.25) is 4.79 Å². The minimum absolute atomic E-state index is 0.0279. The number of amides is 1. The summed E-state index contributed by atoms with van der Waals surface area (Å²) in [5.41, 5.74) is 0.501. The fourth-order valence-electron chi connectivity index (χ4n) is 2.32. The number of halogens is 1. The van der Waals surface area contributed by atoms with E-state index < -0.39 is 9.84 Å². The molecule has 1 amide bonds. The molecule has 1 aliphatic heterocycles. The van der Waals surface area contributed by atoms with Gasteiger partial charge in [-0.05, 0) is 30.7 Å².